The van der Waals surface area contributed by atoms with Gasteiger partial charge in [-0.15, -0.1) is 0 Å². The van der Waals surface area contributed by atoms with Gasteiger partial charge in [-0.25, -0.2) is 4.79 Å². The van der Waals surface area contributed by atoms with Crippen LogP contribution in [0.5, 0.6) is 11.5 Å². The number of fused-ring (bicyclic) bond motifs is 1. The molecule has 0 fully saturated rings. The number of nitrogens with one attached hydrogen (secondary N) is 1. The van der Waals surface area contributed by atoms with Gasteiger partial charge >= 0.3 is 5.97 Å². The second-order valence-corrected chi connectivity index (χ2v) is 4.70. The molecule has 1 amide bonds. The molecular weight excluding hydrogens is 308 g/mol. The Balaban J connectivity index is 2.15. The van der Waals surface area contributed by atoms with E-state index in [0.717, 1.165) is 12.5 Å². The SMILES string of the molecule is CCCNC(=O)COC(=O)c1cc2c(cc1[N+](=O)[O-])OCCO2. The summed E-state index contributed by atoms with van der Waals surface area (Å²) < 4.78 is 15.4. The van der Waals surface area contributed by atoms with Crippen LogP contribution in [0.3, 0.4) is 0 Å². The van der Waals surface area contributed by atoms with Gasteiger partial charge in [-0.1, -0.05) is 6.92 Å². The van der Waals surface area contributed by atoms with Crippen molar-refractivity contribution >= 4 is 17.6 Å². The number of carbonyl (C=O) groups is 2. The van der Waals surface area contributed by atoms with Gasteiger partial charge in [-0.05, 0) is 6.42 Å². The van der Waals surface area contributed by atoms with Crippen molar-refractivity contribution in [1.82, 2.24) is 5.32 Å². The van der Waals surface area contributed by atoms with Crippen LogP contribution in [0.2, 0.25) is 0 Å². The van der Waals surface area contributed by atoms with Crippen molar-refractivity contribution in [3.8, 4) is 11.5 Å². The molecule has 0 radical (unpaired) electrons. The maximum Gasteiger partial charge on any atom is 0.345 e. The Morgan fingerprint density at radius 3 is 2.57 bits per heavy atom. The summed E-state index contributed by atoms with van der Waals surface area (Å²) >= 11 is 0. The standard InChI is InChI=1S/C14H16N2O7/c1-2-3-15-13(17)8-23-14(18)9-6-11-12(22-5-4-21-11)7-10(9)16(19)20/h6-7H,2-5,8H2,1H3,(H,15,17). The number of nitro benzene ring substituents is 1. The van der Waals surface area contributed by atoms with Gasteiger partial charge in [-0.3, -0.25) is 14.9 Å². The summed E-state index contributed by atoms with van der Waals surface area (Å²) in [6.07, 6.45) is 0.743. The largest absolute Gasteiger partial charge is 0.486 e. The highest BCUT2D eigenvalue weighted by Crippen LogP contribution is 2.36. The summed E-state index contributed by atoms with van der Waals surface area (Å²) in [4.78, 5) is 33.9. The van der Waals surface area contributed by atoms with Crippen molar-refractivity contribution in [3.05, 3.63) is 27.8 Å². The minimum absolute atomic E-state index is 0.195. The van der Waals surface area contributed by atoms with E-state index in [2.05, 4.69) is 5.32 Å². The summed E-state index contributed by atoms with van der Waals surface area (Å²) in [5.41, 5.74) is -0.754. The van der Waals surface area contributed by atoms with Crippen LogP contribution in [0.4, 0.5) is 5.69 Å². The number of nitrogens with zero attached hydrogens (tertiary/aromatic N) is 1. The first-order valence-corrected chi connectivity index (χ1v) is 7.04. The highest BCUT2D eigenvalue weighted by Gasteiger charge is 2.27. The lowest BCUT2D eigenvalue weighted by Crippen LogP contribution is -2.29. The lowest BCUT2D eigenvalue weighted by molar-refractivity contribution is -0.385. The Hall–Kier alpha value is -2.84. The highest BCUT2D eigenvalue weighted by molar-refractivity contribution is 5.96. The molecule has 0 spiro atoms. The molecule has 9 nitrogen and oxygen atoms in total. The van der Waals surface area contributed by atoms with Gasteiger partial charge in [0.15, 0.2) is 18.1 Å². The van der Waals surface area contributed by atoms with E-state index in [9.17, 15) is 19.7 Å². The van der Waals surface area contributed by atoms with E-state index in [1.807, 2.05) is 6.92 Å². The third-order valence-corrected chi connectivity index (χ3v) is 2.98. The number of ether oxygens (including phenoxy) is 3. The molecule has 0 bridgehead atoms. The molecule has 124 valence electrons. The molecule has 1 heterocycles. The van der Waals surface area contributed by atoms with Crippen LogP contribution < -0.4 is 14.8 Å². The Morgan fingerprint density at radius 1 is 1.30 bits per heavy atom. The van der Waals surface area contributed by atoms with E-state index in [1.54, 1.807) is 0 Å². The van der Waals surface area contributed by atoms with Crippen LogP contribution in [0, 0.1) is 10.1 Å². The topological polar surface area (TPSA) is 117 Å². The predicted molar refractivity (Wildman–Crippen MR) is 77.7 cm³/mol. The molecule has 9 heteroatoms. The molecule has 23 heavy (non-hydrogen) atoms. The zero-order valence-electron chi connectivity index (χ0n) is 12.5. The van der Waals surface area contributed by atoms with Gasteiger partial charge in [0.2, 0.25) is 0 Å². The number of esters is 1. The van der Waals surface area contributed by atoms with Crippen molar-refractivity contribution in [3.63, 3.8) is 0 Å². The van der Waals surface area contributed by atoms with Gasteiger partial charge in [0.25, 0.3) is 11.6 Å². The average molecular weight is 324 g/mol. The van der Waals surface area contributed by atoms with Crippen LogP contribution in [0.25, 0.3) is 0 Å². The minimum atomic E-state index is -0.972. The summed E-state index contributed by atoms with van der Waals surface area (Å²) in [7, 11) is 0. The Kier molecular flexibility index (Phi) is 5.34. The van der Waals surface area contributed by atoms with Crippen molar-refractivity contribution in [1.29, 1.82) is 0 Å². The molecule has 0 unspecified atom stereocenters. The van der Waals surface area contributed by atoms with Crippen LogP contribution in [0.1, 0.15) is 23.7 Å². The lowest BCUT2D eigenvalue weighted by atomic mass is 10.1. The lowest BCUT2D eigenvalue weighted by Gasteiger charge is -2.18. The zero-order chi connectivity index (χ0) is 16.8. The van der Waals surface area contributed by atoms with E-state index < -0.39 is 29.1 Å². The van der Waals surface area contributed by atoms with Gasteiger partial charge < -0.3 is 19.5 Å². The molecule has 2 rings (SSSR count). The molecule has 1 aliphatic rings. The fraction of sp³-hybridized carbons (Fsp3) is 0.429. The fourth-order valence-corrected chi connectivity index (χ4v) is 1.92. The van der Waals surface area contributed by atoms with Crippen LogP contribution in [-0.4, -0.2) is 43.2 Å². The smallest absolute Gasteiger partial charge is 0.345 e. The molecule has 1 N–H and O–H groups in total. The van der Waals surface area contributed by atoms with E-state index in [1.165, 1.54) is 6.07 Å². The quantitative estimate of drug-likeness (QED) is 0.472. The Labute approximate surface area is 131 Å². The number of hydrogen-bond donors (Lipinski definition) is 1. The van der Waals surface area contributed by atoms with Gasteiger partial charge in [0, 0.05) is 12.6 Å². The number of amides is 1. The Morgan fingerprint density at radius 2 is 1.96 bits per heavy atom. The van der Waals surface area contributed by atoms with Gasteiger partial charge in [0.05, 0.1) is 11.0 Å². The molecule has 0 atom stereocenters. The maximum atomic E-state index is 12.0. The molecular formula is C14H16N2O7. The molecule has 0 aliphatic carbocycles. The predicted octanol–water partition coefficient (Wildman–Crippen LogP) is 1.05. The summed E-state index contributed by atoms with van der Waals surface area (Å²) in [5.74, 6) is -1.02. The second-order valence-electron chi connectivity index (χ2n) is 4.70. The number of rotatable bonds is 6. The summed E-state index contributed by atoms with van der Waals surface area (Å²) in [5, 5.41) is 13.6. The first-order valence-electron chi connectivity index (χ1n) is 7.04. The molecule has 0 aromatic heterocycles. The van der Waals surface area contributed by atoms with Crippen LogP contribution >= 0.6 is 0 Å². The summed E-state index contributed by atoms with van der Waals surface area (Å²) in [6.45, 7) is 2.38. The molecule has 0 saturated carbocycles. The first-order chi connectivity index (χ1) is 11.0. The highest BCUT2D eigenvalue weighted by atomic mass is 16.6. The van der Waals surface area contributed by atoms with E-state index >= 15 is 0 Å². The molecule has 1 aromatic carbocycles. The van der Waals surface area contributed by atoms with Crippen LogP contribution in [-0.2, 0) is 9.53 Å². The third kappa shape index (κ3) is 4.09. The average Bonchev–Trinajstić information content (AvgIpc) is 2.56. The monoisotopic (exact) mass is 324 g/mol. The van der Waals surface area contributed by atoms with Crippen molar-refractivity contribution in [2.24, 2.45) is 0 Å². The van der Waals surface area contributed by atoms with Crippen molar-refractivity contribution in [2.75, 3.05) is 26.4 Å². The zero-order valence-corrected chi connectivity index (χ0v) is 12.5. The number of benzene rings is 1. The normalized spacial score (nSPS) is 12.4. The molecule has 1 aliphatic heterocycles. The molecule has 1 aromatic rings. The van der Waals surface area contributed by atoms with Crippen LogP contribution in [0.15, 0.2) is 12.1 Å². The van der Waals surface area contributed by atoms with Gasteiger partial charge in [-0.2, -0.15) is 0 Å². The minimum Gasteiger partial charge on any atom is -0.486 e. The van der Waals surface area contributed by atoms with Gasteiger partial charge in [0.1, 0.15) is 18.8 Å². The summed E-state index contributed by atoms with van der Waals surface area (Å²) in [6, 6.07) is 2.31. The fourth-order valence-electron chi connectivity index (χ4n) is 1.92. The number of carbonyl (C=O) groups excluding carboxylic acids is 2. The second kappa shape index (κ2) is 7.43. The first kappa shape index (κ1) is 16.5. The number of nitro groups is 1. The van der Waals surface area contributed by atoms with E-state index in [4.69, 9.17) is 14.2 Å². The van der Waals surface area contributed by atoms with Crippen molar-refractivity contribution < 1.29 is 28.7 Å². The molecule has 0 saturated heterocycles. The maximum absolute atomic E-state index is 12.0. The van der Waals surface area contributed by atoms with Crippen molar-refractivity contribution in [2.45, 2.75) is 13.3 Å². The van der Waals surface area contributed by atoms with E-state index in [-0.39, 0.29) is 30.3 Å². The Bertz CT molecular complexity index is 630. The number of hydrogen-bond acceptors (Lipinski definition) is 7. The van der Waals surface area contributed by atoms with E-state index in [0.29, 0.717) is 6.54 Å². The third-order valence-electron chi connectivity index (χ3n) is 2.98.